The molecule has 0 spiro atoms. The number of rotatable bonds is 4. The first-order valence-electron chi connectivity index (χ1n) is 6.93. The Labute approximate surface area is 127 Å². The van der Waals surface area contributed by atoms with Crippen molar-refractivity contribution in [1.29, 1.82) is 0 Å². The number of aromatic nitrogens is 1. The van der Waals surface area contributed by atoms with Crippen LogP contribution in [0.15, 0.2) is 36.5 Å². The zero-order valence-electron chi connectivity index (χ0n) is 11.3. The van der Waals surface area contributed by atoms with Gasteiger partial charge in [-0.1, -0.05) is 22.0 Å². The van der Waals surface area contributed by atoms with E-state index in [2.05, 4.69) is 33.0 Å². The predicted octanol–water partition coefficient (Wildman–Crippen LogP) is 3.81. The van der Waals surface area contributed by atoms with Crippen LogP contribution in [-0.2, 0) is 4.74 Å². The van der Waals surface area contributed by atoms with Crippen LogP contribution >= 0.6 is 15.9 Å². The van der Waals surface area contributed by atoms with E-state index in [0.29, 0.717) is 0 Å². The lowest BCUT2D eigenvalue weighted by molar-refractivity contribution is 0.00357. The molecule has 0 bridgehead atoms. The average Bonchev–Trinajstić information content (AvgIpc) is 2.54. The molecule has 3 nitrogen and oxygen atoms in total. The molecule has 2 heterocycles. The third-order valence-electron chi connectivity index (χ3n) is 3.96. The molecule has 4 heteroatoms. The second-order valence-electron chi connectivity index (χ2n) is 5.39. The van der Waals surface area contributed by atoms with Crippen molar-refractivity contribution in [2.45, 2.75) is 12.8 Å². The van der Waals surface area contributed by atoms with Crippen LogP contribution in [0.4, 0.5) is 0 Å². The summed E-state index contributed by atoms with van der Waals surface area (Å²) in [7, 11) is 0. The minimum absolute atomic E-state index is 0.192. The van der Waals surface area contributed by atoms with E-state index in [-0.39, 0.29) is 5.41 Å². The number of nitrogens with zero attached hydrogens (tertiary/aromatic N) is 1. The van der Waals surface area contributed by atoms with E-state index >= 15 is 0 Å². The summed E-state index contributed by atoms with van der Waals surface area (Å²) in [6, 6.07) is 10.1. The van der Waals surface area contributed by atoms with Crippen LogP contribution in [0.2, 0.25) is 0 Å². The van der Waals surface area contributed by atoms with Gasteiger partial charge >= 0.3 is 0 Å². The molecule has 0 aliphatic carbocycles. The monoisotopic (exact) mass is 335 g/mol. The Morgan fingerprint density at radius 2 is 2.10 bits per heavy atom. The summed E-state index contributed by atoms with van der Waals surface area (Å²) in [4.78, 5) is 4.36. The van der Waals surface area contributed by atoms with E-state index < -0.39 is 0 Å². The Bertz CT molecular complexity index is 581. The van der Waals surface area contributed by atoms with Gasteiger partial charge in [-0.3, -0.25) is 4.98 Å². The van der Waals surface area contributed by atoms with Crippen molar-refractivity contribution in [1.82, 2.24) is 4.98 Å². The largest absolute Gasteiger partial charge is 0.493 e. The van der Waals surface area contributed by atoms with Crippen LogP contribution in [0.25, 0.3) is 10.9 Å². The Morgan fingerprint density at radius 3 is 2.90 bits per heavy atom. The lowest BCUT2D eigenvalue weighted by atomic mass is 9.83. The van der Waals surface area contributed by atoms with E-state index in [1.54, 1.807) is 0 Å². The molecule has 0 amide bonds. The van der Waals surface area contributed by atoms with Crippen LogP contribution in [0.1, 0.15) is 12.8 Å². The first-order valence-corrected chi connectivity index (χ1v) is 8.05. The first kappa shape index (κ1) is 13.8. The van der Waals surface area contributed by atoms with E-state index in [4.69, 9.17) is 9.47 Å². The number of hydrogen-bond acceptors (Lipinski definition) is 3. The van der Waals surface area contributed by atoms with Crippen LogP contribution in [-0.4, -0.2) is 30.1 Å². The maximum atomic E-state index is 6.02. The fraction of sp³-hybridized carbons (Fsp3) is 0.438. The molecular formula is C16H18BrNO2. The van der Waals surface area contributed by atoms with E-state index in [1.165, 1.54) is 0 Å². The van der Waals surface area contributed by atoms with Gasteiger partial charge in [-0.15, -0.1) is 0 Å². The fourth-order valence-electron chi connectivity index (χ4n) is 2.49. The van der Waals surface area contributed by atoms with Gasteiger partial charge in [0.25, 0.3) is 0 Å². The molecule has 0 N–H and O–H groups in total. The second kappa shape index (κ2) is 6.10. The third kappa shape index (κ3) is 2.96. The van der Waals surface area contributed by atoms with E-state index in [9.17, 15) is 0 Å². The topological polar surface area (TPSA) is 31.4 Å². The van der Waals surface area contributed by atoms with Crippen molar-refractivity contribution < 1.29 is 9.47 Å². The van der Waals surface area contributed by atoms with Gasteiger partial charge in [-0.05, 0) is 31.0 Å². The molecule has 106 valence electrons. The molecule has 0 atom stereocenters. The van der Waals surface area contributed by atoms with Crippen molar-refractivity contribution >= 4 is 26.8 Å². The Morgan fingerprint density at radius 1 is 1.25 bits per heavy atom. The lowest BCUT2D eigenvalue weighted by Gasteiger charge is -2.35. The number of hydrogen-bond donors (Lipinski definition) is 0. The first-order chi connectivity index (χ1) is 9.81. The van der Waals surface area contributed by atoms with Crippen LogP contribution < -0.4 is 4.74 Å². The summed E-state index contributed by atoms with van der Waals surface area (Å²) in [5, 5.41) is 2.09. The molecule has 0 unspecified atom stereocenters. The highest BCUT2D eigenvalue weighted by Gasteiger charge is 2.32. The SMILES string of the molecule is BrCC1(COc2ccc3cccnc3c2)CCOCC1. The molecule has 20 heavy (non-hydrogen) atoms. The maximum Gasteiger partial charge on any atom is 0.121 e. The van der Waals surface area contributed by atoms with Gasteiger partial charge in [0.1, 0.15) is 5.75 Å². The Balaban J connectivity index is 1.72. The van der Waals surface area contributed by atoms with Crippen LogP contribution in [0, 0.1) is 5.41 Å². The van der Waals surface area contributed by atoms with Gasteiger partial charge in [-0.2, -0.15) is 0 Å². The zero-order chi connectivity index (χ0) is 13.8. The predicted molar refractivity (Wildman–Crippen MR) is 83.5 cm³/mol. The molecule has 1 fully saturated rings. The summed E-state index contributed by atoms with van der Waals surface area (Å²) in [6.07, 6.45) is 3.90. The average molecular weight is 336 g/mol. The van der Waals surface area contributed by atoms with Gasteiger partial charge in [0.15, 0.2) is 0 Å². The summed E-state index contributed by atoms with van der Waals surface area (Å²) in [6.45, 7) is 2.38. The lowest BCUT2D eigenvalue weighted by Crippen LogP contribution is -2.36. The van der Waals surface area contributed by atoms with Crippen molar-refractivity contribution in [3.05, 3.63) is 36.5 Å². The Kier molecular flexibility index (Phi) is 4.22. The van der Waals surface area contributed by atoms with Gasteiger partial charge in [0.2, 0.25) is 0 Å². The van der Waals surface area contributed by atoms with Crippen molar-refractivity contribution in [3.63, 3.8) is 0 Å². The van der Waals surface area contributed by atoms with Gasteiger partial charge < -0.3 is 9.47 Å². The third-order valence-corrected chi connectivity index (χ3v) is 5.15. The maximum absolute atomic E-state index is 6.02. The molecular weight excluding hydrogens is 318 g/mol. The molecule has 1 aliphatic heterocycles. The van der Waals surface area contributed by atoms with E-state index in [1.807, 2.05) is 24.4 Å². The standard InChI is InChI=1S/C16H18BrNO2/c17-11-16(5-8-19-9-6-16)12-20-14-4-3-13-2-1-7-18-15(13)10-14/h1-4,7,10H,5-6,8-9,11-12H2. The number of benzene rings is 1. The van der Waals surface area contributed by atoms with E-state index in [0.717, 1.165) is 54.6 Å². The summed E-state index contributed by atoms with van der Waals surface area (Å²) >= 11 is 3.63. The van der Waals surface area contributed by atoms with Gasteiger partial charge in [-0.25, -0.2) is 0 Å². The molecule has 3 rings (SSSR count). The molecule has 1 aromatic heterocycles. The summed E-state index contributed by atoms with van der Waals surface area (Å²) in [5.41, 5.74) is 1.17. The number of halogens is 1. The summed E-state index contributed by atoms with van der Waals surface area (Å²) < 4.78 is 11.5. The van der Waals surface area contributed by atoms with Crippen LogP contribution in [0.3, 0.4) is 0 Å². The van der Waals surface area contributed by atoms with Crippen molar-refractivity contribution in [3.8, 4) is 5.75 Å². The molecule has 0 saturated carbocycles. The van der Waals surface area contributed by atoms with Crippen molar-refractivity contribution in [2.75, 3.05) is 25.2 Å². The number of fused-ring (bicyclic) bond motifs is 1. The highest BCUT2D eigenvalue weighted by Crippen LogP contribution is 2.33. The zero-order valence-corrected chi connectivity index (χ0v) is 12.9. The fourth-order valence-corrected chi connectivity index (χ4v) is 3.22. The van der Waals surface area contributed by atoms with Gasteiger partial charge in [0, 0.05) is 41.6 Å². The minimum Gasteiger partial charge on any atom is -0.493 e. The molecule has 1 saturated heterocycles. The minimum atomic E-state index is 0.192. The highest BCUT2D eigenvalue weighted by molar-refractivity contribution is 9.09. The molecule has 2 aromatic rings. The normalized spacial score (nSPS) is 18.1. The summed E-state index contributed by atoms with van der Waals surface area (Å²) in [5.74, 6) is 0.892. The van der Waals surface area contributed by atoms with Crippen molar-refractivity contribution in [2.24, 2.45) is 5.41 Å². The number of pyridine rings is 1. The van der Waals surface area contributed by atoms with Gasteiger partial charge in [0.05, 0.1) is 12.1 Å². The molecule has 0 radical (unpaired) electrons. The molecule has 1 aliphatic rings. The second-order valence-corrected chi connectivity index (χ2v) is 5.95. The molecule has 1 aromatic carbocycles. The highest BCUT2D eigenvalue weighted by atomic mass is 79.9. The Hall–Kier alpha value is -1.13. The smallest absolute Gasteiger partial charge is 0.121 e. The quantitative estimate of drug-likeness (QED) is 0.796. The number of ether oxygens (including phenoxy) is 2. The number of alkyl halides is 1. The van der Waals surface area contributed by atoms with Crippen LogP contribution in [0.5, 0.6) is 5.75 Å².